The van der Waals surface area contributed by atoms with Crippen molar-refractivity contribution in [1.29, 1.82) is 0 Å². The maximum absolute atomic E-state index is 13.3. The van der Waals surface area contributed by atoms with Crippen molar-refractivity contribution >= 4 is 16.8 Å². The molecule has 0 saturated heterocycles. The molecule has 0 aliphatic carbocycles. The molecule has 0 aliphatic rings. The Morgan fingerprint density at radius 2 is 1.74 bits per heavy atom. The van der Waals surface area contributed by atoms with Crippen LogP contribution >= 0.6 is 0 Å². The van der Waals surface area contributed by atoms with Crippen LogP contribution in [0.3, 0.4) is 0 Å². The number of hydrogen-bond donors (Lipinski definition) is 1. The van der Waals surface area contributed by atoms with Crippen molar-refractivity contribution < 1.29 is 9.18 Å². The minimum Gasteiger partial charge on any atom is -0.350 e. The van der Waals surface area contributed by atoms with E-state index in [4.69, 9.17) is 4.98 Å². The van der Waals surface area contributed by atoms with Crippen molar-refractivity contribution in [1.82, 2.24) is 20.2 Å². The van der Waals surface area contributed by atoms with Gasteiger partial charge in [0.15, 0.2) is 0 Å². The Labute approximate surface area is 180 Å². The summed E-state index contributed by atoms with van der Waals surface area (Å²) in [5.41, 5.74) is 3.86. The molecule has 1 unspecified atom stereocenters. The summed E-state index contributed by atoms with van der Waals surface area (Å²) in [6.45, 7) is 0.388. The number of benzene rings is 2. The molecule has 2 aromatic carbocycles. The average Bonchev–Trinajstić information content (AvgIpc) is 2.80. The van der Waals surface area contributed by atoms with E-state index in [1.165, 1.54) is 12.1 Å². The van der Waals surface area contributed by atoms with Gasteiger partial charge in [-0.3, -0.25) is 9.78 Å². The van der Waals surface area contributed by atoms with E-state index in [2.05, 4.69) is 10.3 Å². The van der Waals surface area contributed by atoms with Crippen molar-refractivity contribution in [3.05, 3.63) is 96.1 Å². The van der Waals surface area contributed by atoms with Gasteiger partial charge in [-0.05, 0) is 56.1 Å². The van der Waals surface area contributed by atoms with Crippen LogP contribution in [0.4, 0.5) is 4.39 Å². The van der Waals surface area contributed by atoms with Gasteiger partial charge in [0.25, 0.3) is 5.91 Å². The molecule has 1 N–H and O–H groups in total. The highest BCUT2D eigenvalue weighted by Crippen LogP contribution is 2.25. The van der Waals surface area contributed by atoms with Crippen LogP contribution in [-0.2, 0) is 0 Å². The largest absolute Gasteiger partial charge is 0.350 e. The van der Waals surface area contributed by atoms with E-state index in [1.807, 2.05) is 61.5 Å². The topological polar surface area (TPSA) is 58.1 Å². The summed E-state index contributed by atoms with van der Waals surface area (Å²) >= 11 is 0. The first kappa shape index (κ1) is 20.6. The molecule has 1 amide bonds. The molecule has 4 aromatic rings. The van der Waals surface area contributed by atoms with Crippen LogP contribution in [0.25, 0.3) is 22.2 Å². The molecule has 0 radical (unpaired) electrons. The number of para-hydroxylation sites is 1. The maximum Gasteiger partial charge on any atom is 0.252 e. The van der Waals surface area contributed by atoms with Crippen molar-refractivity contribution in [2.45, 2.75) is 6.04 Å². The van der Waals surface area contributed by atoms with Gasteiger partial charge >= 0.3 is 0 Å². The molecule has 31 heavy (non-hydrogen) atoms. The van der Waals surface area contributed by atoms with E-state index in [0.717, 1.165) is 22.0 Å². The summed E-state index contributed by atoms with van der Waals surface area (Å²) in [6, 6.07) is 19.4. The minimum absolute atomic E-state index is 0.0858. The Hall–Kier alpha value is -3.64. The van der Waals surface area contributed by atoms with E-state index in [-0.39, 0.29) is 17.8 Å². The fourth-order valence-electron chi connectivity index (χ4n) is 3.60. The van der Waals surface area contributed by atoms with Gasteiger partial charge in [-0.25, -0.2) is 9.37 Å². The number of carbonyl (C=O) groups excluding carboxylic acids is 1. The van der Waals surface area contributed by atoms with Gasteiger partial charge in [0.2, 0.25) is 0 Å². The molecular weight excluding hydrogens is 391 g/mol. The lowest BCUT2D eigenvalue weighted by Crippen LogP contribution is -2.34. The summed E-state index contributed by atoms with van der Waals surface area (Å²) < 4.78 is 13.3. The molecule has 5 nitrogen and oxygen atoms in total. The van der Waals surface area contributed by atoms with Gasteiger partial charge in [0, 0.05) is 29.9 Å². The van der Waals surface area contributed by atoms with Gasteiger partial charge in [0.05, 0.1) is 22.8 Å². The smallest absolute Gasteiger partial charge is 0.252 e. The highest BCUT2D eigenvalue weighted by molar-refractivity contribution is 6.07. The highest BCUT2D eigenvalue weighted by atomic mass is 19.1. The summed E-state index contributed by atoms with van der Waals surface area (Å²) in [4.78, 5) is 24.0. The number of carbonyl (C=O) groups is 1. The molecule has 1 atom stereocenters. The van der Waals surface area contributed by atoms with Gasteiger partial charge in [0.1, 0.15) is 5.82 Å². The van der Waals surface area contributed by atoms with Crippen molar-refractivity contribution in [2.75, 3.05) is 20.6 Å². The number of pyridine rings is 2. The molecule has 0 fully saturated rings. The number of hydrogen-bond acceptors (Lipinski definition) is 4. The number of amides is 1. The number of halogens is 1. The first-order valence-corrected chi connectivity index (χ1v) is 10.0. The summed E-state index contributed by atoms with van der Waals surface area (Å²) in [6.07, 6.45) is 3.41. The Bertz CT molecular complexity index is 1190. The normalized spacial score (nSPS) is 12.1. The molecule has 2 heterocycles. The predicted molar refractivity (Wildman–Crippen MR) is 120 cm³/mol. The van der Waals surface area contributed by atoms with Gasteiger partial charge in [-0.2, -0.15) is 0 Å². The third-order valence-electron chi connectivity index (χ3n) is 5.27. The second kappa shape index (κ2) is 9.02. The first-order chi connectivity index (χ1) is 15.0. The van der Waals surface area contributed by atoms with Crippen molar-refractivity contribution in [2.24, 2.45) is 0 Å². The minimum atomic E-state index is -0.280. The highest BCUT2D eigenvalue weighted by Gasteiger charge is 2.18. The third kappa shape index (κ3) is 4.59. The van der Waals surface area contributed by atoms with Crippen LogP contribution < -0.4 is 5.32 Å². The fraction of sp³-hybridized carbons (Fsp3) is 0.160. The van der Waals surface area contributed by atoms with E-state index in [0.29, 0.717) is 17.8 Å². The van der Waals surface area contributed by atoms with Crippen LogP contribution in [-0.4, -0.2) is 41.4 Å². The molecule has 0 aliphatic heterocycles. The number of nitrogens with zero attached hydrogens (tertiary/aromatic N) is 3. The number of fused-ring (bicyclic) bond motifs is 1. The van der Waals surface area contributed by atoms with Crippen LogP contribution in [0.1, 0.15) is 22.0 Å². The van der Waals surface area contributed by atoms with Crippen molar-refractivity contribution in [3.8, 4) is 11.3 Å². The predicted octanol–water partition coefficient (Wildman–Crippen LogP) is 4.47. The quantitative estimate of drug-likeness (QED) is 0.506. The Kier molecular flexibility index (Phi) is 6.00. The molecule has 0 bridgehead atoms. The van der Waals surface area contributed by atoms with E-state index >= 15 is 0 Å². The molecular formula is C25H23FN4O. The lowest BCUT2D eigenvalue weighted by molar-refractivity contribution is 0.0943. The van der Waals surface area contributed by atoms with Crippen LogP contribution in [0, 0.1) is 5.82 Å². The fourth-order valence-corrected chi connectivity index (χ4v) is 3.60. The average molecular weight is 414 g/mol. The van der Waals surface area contributed by atoms with Gasteiger partial charge in [-0.15, -0.1) is 0 Å². The molecule has 156 valence electrons. The first-order valence-electron chi connectivity index (χ1n) is 10.0. The van der Waals surface area contributed by atoms with E-state index in [9.17, 15) is 9.18 Å². The summed E-state index contributed by atoms with van der Waals surface area (Å²) in [5, 5.41) is 3.84. The maximum atomic E-state index is 13.3. The zero-order chi connectivity index (χ0) is 21.8. The molecule has 0 spiro atoms. The summed E-state index contributed by atoms with van der Waals surface area (Å²) in [7, 11) is 3.87. The second-order valence-electron chi connectivity index (χ2n) is 7.55. The third-order valence-corrected chi connectivity index (χ3v) is 5.27. The monoisotopic (exact) mass is 414 g/mol. The van der Waals surface area contributed by atoms with E-state index in [1.54, 1.807) is 24.5 Å². The van der Waals surface area contributed by atoms with Crippen molar-refractivity contribution in [3.63, 3.8) is 0 Å². The summed E-state index contributed by atoms with van der Waals surface area (Å²) in [5.74, 6) is -0.458. The Morgan fingerprint density at radius 1 is 1.03 bits per heavy atom. The lowest BCUT2D eigenvalue weighted by atomic mass is 10.0. The van der Waals surface area contributed by atoms with Gasteiger partial charge in [-0.1, -0.05) is 30.3 Å². The van der Waals surface area contributed by atoms with Crippen LogP contribution in [0.2, 0.25) is 0 Å². The molecule has 6 heteroatoms. The van der Waals surface area contributed by atoms with E-state index < -0.39 is 0 Å². The van der Waals surface area contributed by atoms with Crippen LogP contribution in [0.15, 0.2) is 79.1 Å². The Balaban J connectivity index is 1.64. The Morgan fingerprint density at radius 3 is 2.45 bits per heavy atom. The molecule has 2 aromatic heterocycles. The van der Waals surface area contributed by atoms with Gasteiger partial charge < -0.3 is 10.2 Å². The standard InChI is InChI=1S/C25H23FN4O/c1-30(2)24(18-7-9-19(26)10-8-18)16-28-25(31)21-15-23(17-11-13-27-14-12-17)29-22-6-4-3-5-20(21)22/h3-15,24H,16H2,1-2H3,(H,28,31). The molecule has 0 saturated carbocycles. The lowest BCUT2D eigenvalue weighted by Gasteiger charge is -2.25. The number of aromatic nitrogens is 2. The zero-order valence-corrected chi connectivity index (χ0v) is 17.4. The zero-order valence-electron chi connectivity index (χ0n) is 17.4. The number of nitrogens with one attached hydrogen (secondary N) is 1. The second-order valence-corrected chi connectivity index (χ2v) is 7.55. The molecule has 4 rings (SSSR count). The van der Waals surface area contributed by atoms with Crippen LogP contribution in [0.5, 0.6) is 0 Å². The SMILES string of the molecule is CN(C)C(CNC(=O)c1cc(-c2ccncc2)nc2ccccc12)c1ccc(F)cc1. The number of likely N-dealkylation sites (N-methyl/N-ethyl adjacent to an activating group) is 1. The number of rotatable bonds is 6.